The van der Waals surface area contributed by atoms with E-state index in [1.165, 1.54) is 11.8 Å². The van der Waals surface area contributed by atoms with Crippen molar-refractivity contribution < 1.29 is 4.79 Å². The number of aryl methyl sites for hydroxylation is 2. The van der Waals surface area contributed by atoms with Gasteiger partial charge in [-0.15, -0.1) is 5.10 Å². The Kier molecular flexibility index (Phi) is 5.42. The maximum absolute atomic E-state index is 12.4. The standard InChI is InChI=1S/C21H21ClN4OS/c1-13-10-14(2)19(17(22)11-13)23-18(27)12-28-21-24-20(15-8-9-15)26(25-21)16-6-4-3-5-7-16/h3-7,10-11,15H,8-9,12H2,1-2H3,(H,23,27). The molecule has 7 heteroatoms. The quantitative estimate of drug-likeness (QED) is 0.569. The minimum absolute atomic E-state index is 0.122. The number of rotatable bonds is 6. The molecular weight excluding hydrogens is 392 g/mol. The molecule has 1 amide bonds. The van der Waals surface area contributed by atoms with Crippen LogP contribution in [0.4, 0.5) is 5.69 Å². The monoisotopic (exact) mass is 412 g/mol. The van der Waals surface area contributed by atoms with Crippen LogP contribution in [0.3, 0.4) is 0 Å². The first-order valence-electron chi connectivity index (χ1n) is 9.23. The van der Waals surface area contributed by atoms with Crippen LogP contribution in [0.2, 0.25) is 5.02 Å². The van der Waals surface area contributed by atoms with Gasteiger partial charge in [-0.05, 0) is 56.0 Å². The van der Waals surface area contributed by atoms with Crippen LogP contribution in [-0.2, 0) is 4.79 Å². The van der Waals surface area contributed by atoms with E-state index in [0.29, 0.717) is 21.8 Å². The van der Waals surface area contributed by atoms with Crippen molar-refractivity contribution in [2.45, 2.75) is 37.8 Å². The lowest BCUT2D eigenvalue weighted by molar-refractivity contribution is -0.113. The third kappa shape index (κ3) is 4.23. The van der Waals surface area contributed by atoms with Crippen LogP contribution in [0.15, 0.2) is 47.6 Å². The summed E-state index contributed by atoms with van der Waals surface area (Å²) in [5, 5.41) is 8.71. The lowest BCUT2D eigenvalue weighted by atomic mass is 10.1. The van der Waals surface area contributed by atoms with Crippen molar-refractivity contribution in [1.82, 2.24) is 14.8 Å². The Balaban J connectivity index is 1.46. The van der Waals surface area contributed by atoms with E-state index in [0.717, 1.165) is 35.5 Å². The zero-order chi connectivity index (χ0) is 19.7. The van der Waals surface area contributed by atoms with Crippen molar-refractivity contribution in [3.05, 3.63) is 64.4 Å². The number of thioether (sulfide) groups is 1. The van der Waals surface area contributed by atoms with Crippen LogP contribution in [0.25, 0.3) is 5.69 Å². The fraction of sp³-hybridized carbons (Fsp3) is 0.286. The van der Waals surface area contributed by atoms with Gasteiger partial charge in [0.2, 0.25) is 11.1 Å². The van der Waals surface area contributed by atoms with Gasteiger partial charge in [0.25, 0.3) is 0 Å². The molecule has 0 atom stereocenters. The van der Waals surface area contributed by atoms with E-state index in [4.69, 9.17) is 11.6 Å². The Morgan fingerprint density at radius 3 is 2.68 bits per heavy atom. The Bertz CT molecular complexity index is 991. The minimum Gasteiger partial charge on any atom is -0.324 e. The number of amides is 1. The van der Waals surface area contributed by atoms with Gasteiger partial charge < -0.3 is 5.32 Å². The molecule has 3 aromatic rings. The molecule has 28 heavy (non-hydrogen) atoms. The van der Waals surface area contributed by atoms with Crippen molar-refractivity contribution in [2.75, 3.05) is 11.1 Å². The molecule has 2 aromatic carbocycles. The van der Waals surface area contributed by atoms with E-state index in [9.17, 15) is 4.79 Å². The second-order valence-electron chi connectivity index (χ2n) is 7.05. The summed E-state index contributed by atoms with van der Waals surface area (Å²) in [6, 6.07) is 13.8. The van der Waals surface area contributed by atoms with Gasteiger partial charge in [0.15, 0.2) is 0 Å². The van der Waals surface area contributed by atoms with Gasteiger partial charge in [0, 0.05) is 5.92 Å². The number of nitrogens with one attached hydrogen (secondary N) is 1. The van der Waals surface area contributed by atoms with Gasteiger partial charge in [0.1, 0.15) is 5.82 Å². The summed E-state index contributed by atoms with van der Waals surface area (Å²) in [6.07, 6.45) is 2.28. The van der Waals surface area contributed by atoms with E-state index >= 15 is 0 Å². The van der Waals surface area contributed by atoms with E-state index in [2.05, 4.69) is 15.4 Å². The van der Waals surface area contributed by atoms with E-state index in [1.54, 1.807) is 0 Å². The number of halogens is 1. The number of nitrogens with zero attached hydrogens (tertiary/aromatic N) is 3. The fourth-order valence-electron chi connectivity index (χ4n) is 3.11. The Morgan fingerprint density at radius 2 is 2.00 bits per heavy atom. The molecule has 1 aliphatic rings. The largest absolute Gasteiger partial charge is 0.324 e. The maximum Gasteiger partial charge on any atom is 0.234 e. The zero-order valence-corrected chi connectivity index (χ0v) is 17.3. The molecule has 1 aliphatic carbocycles. The Labute approximate surface area is 173 Å². The number of para-hydroxylation sites is 1. The molecule has 0 bridgehead atoms. The SMILES string of the molecule is Cc1cc(C)c(NC(=O)CSc2nc(C3CC3)n(-c3ccccc3)n2)c(Cl)c1. The number of hydrogen-bond donors (Lipinski definition) is 1. The van der Waals surface area contributed by atoms with Crippen LogP contribution < -0.4 is 5.32 Å². The first kappa shape index (κ1) is 19.0. The summed E-state index contributed by atoms with van der Waals surface area (Å²) in [7, 11) is 0. The van der Waals surface area contributed by atoms with Crippen molar-refractivity contribution in [3.63, 3.8) is 0 Å². The highest BCUT2D eigenvalue weighted by Crippen LogP contribution is 2.40. The first-order chi connectivity index (χ1) is 13.5. The van der Waals surface area contributed by atoms with E-state index < -0.39 is 0 Å². The summed E-state index contributed by atoms with van der Waals surface area (Å²) in [5.74, 6) is 1.55. The van der Waals surface area contributed by atoms with Gasteiger partial charge in [-0.1, -0.05) is 47.6 Å². The highest BCUT2D eigenvalue weighted by Gasteiger charge is 2.30. The Morgan fingerprint density at radius 1 is 1.25 bits per heavy atom. The lowest BCUT2D eigenvalue weighted by Crippen LogP contribution is -2.15. The second kappa shape index (κ2) is 7.97. The Hall–Kier alpha value is -2.31. The van der Waals surface area contributed by atoms with Crippen molar-refractivity contribution in [2.24, 2.45) is 0 Å². The molecule has 1 saturated carbocycles. The van der Waals surface area contributed by atoms with Crippen LogP contribution >= 0.6 is 23.4 Å². The molecular formula is C21H21ClN4OS. The van der Waals surface area contributed by atoms with Gasteiger partial charge in [0.05, 0.1) is 22.2 Å². The number of anilines is 1. The predicted molar refractivity (Wildman–Crippen MR) is 114 cm³/mol. The molecule has 0 spiro atoms. The third-order valence-electron chi connectivity index (χ3n) is 4.58. The van der Waals surface area contributed by atoms with Crippen LogP contribution in [0, 0.1) is 13.8 Å². The molecule has 1 N–H and O–H groups in total. The summed E-state index contributed by atoms with van der Waals surface area (Å²) in [5.41, 5.74) is 3.68. The average molecular weight is 413 g/mol. The topological polar surface area (TPSA) is 59.8 Å². The predicted octanol–water partition coefficient (Wildman–Crippen LogP) is 5.15. The van der Waals surface area contributed by atoms with E-state index in [-0.39, 0.29) is 11.7 Å². The first-order valence-corrected chi connectivity index (χ1v) is 10.6. The minimum atomic E-state index is -0.122. The third-order valence-corrected chi connectivity index (χ3v) is 5.72. The maximum atomic E-state index is 12.4. The van der Waals surface area contributed by atoms with Crippen molar-refractivity contribution in [3.8, 4) is 5.69 Å². The molecule has 1 heterocycles. The average Bonchev–Trinajstić information content (AvgIpc) is 3.43. The van der Waals surface area contributed by atoms with Crippen LogP contribution in [-0.4, -0.2) is 26.4 Å². The van der Waals surface area contributed by atoms with Crippen molar-refractivity contribution in [1.29, 1.82) is 0 Å². The number of carbonyl (C=O) groups is 1. The van der Waals surface area contributed by atoms with Crippen molar-refractivity contribution >= 4 is 35.0 Å². The van der Waals surface area contributed by atoms with Crippen LogP contribution in [0.1, 0.15) is 35.7 Å². The summed E-state index contributed by atoms with van der Waals surface area (Å²) < 4.78 is 1.90. The molecule has 0 saturated heterocycles. The zero-order valence-electron chi connectivity index (χ0n) is 15.8. The number of carbonyl (C=O) groups excluding carboxylic acids is 1. The van der Waals surface area contributed by atoms with Crippen LogP contribution in [0.5, 0.6) is 0 Å². The molecule has 5 nitrogen and oxygen atoms in total. The molecule has 4 rings (SSSR count). The second-order valence-corrected chi connectivity index (χ2v) is 8.40. The molecule has 144 valence electrons. The van der Waals surface area contributed by atoms with Gasteiger partial charge in [-0.25, -0.2) is 9.67 Å². The number of aromatic nitrogens is 3. The highest BCUT2D eigenvalue weighted by molar-refractivity contribution is 7.99. The smallest absolute Gasteiger partial charge is 0.234 e. The highest BCUT2D eigenvalue weighted by atomic mass is 35.5. The molecule has 1 fully saturated rings. The van der Waals surface area contributed by atoms with Gasteiger partial charge in [-0.3, -0.25) is 4.79 Å². The normalized spacial score (nSPS) is 13.5. The molecule has 1 aromatic heterocycles. The lowest BCUT2D eigenvalue weighted by Gasteiger charge is -2.11. The number of hydrogen-bond acceptors (Lipinski definition) is 4. The summed E-state index contributed by atoms with van der Waals surface area (Å²) >= 11 is 7.62. The molecule has 0 unspecified atom stereocenters. The fourth-order valence-corrected chi connectivity index (χ4v) is 4.11. The molecule has 0 radical (unpaired) electrons. The summed E-state index contributed by atoms with van der Waals surface area (Å²) in [4.78, 5) is 17.1. The summed E-state index contributed by atoms with van der Waals surface area (Å²) in [6.45, 7) is 3.92. The molecule has 0 aliphatic heterocycles. The van der Waals surface area contributed by atoms with Gasteiger partial charge >= 0.3 is 0 Å². The van der Waals surface area contributed by atoms with E-state index in [1.807, 2.05) is 61.0 Å². The van der Waals surface area contributed by atoms with Gasteiger partial charge in [-0.2, -0.15) is 0 Å². The number of benzene rings is 2.